The van der Waals surface area contributed by atoms with E-state index in [2.05, 4.69) is 28.4 Å². The lowest BCUT2D eigenvalue weighted by Gasteiger charge is -2.14. The fourth-order valence-electron chi connectivity index (χ4n) is 1.95. The summed E-state index contributed by atoms with van der Waals surface area (Å²) in [5.74, 6) is 0. The van der Waals surface area contributed by atoms with Crippen molar-refractivity contribution < 1.29 is 0 Å². The smallest absolute Gasteiger partial charge is 0.179 e. The average molecular weight is 221 g/mol. The molecule has 2 heterocycles. The normalized spacial score (nSPS) is 11.4. The van der Waals surface area contributed by atoms with Crippen LogP contribution in [0.5, 0.6) is 0 Å². The number of imidazole rings is 1. The zero-order valence-electron chi connectivity index (χ0n) is 9.03. The summed E-state index contributed by atoms with van der Waals surface area (Å²) in [6.07, 6.45) is 3.96. The van der Waals surface area contributed by atoms with Gasteiger partial charge in [-0.2, -0.15) is 0 Å². The minimum atomic E-state index is 0.446. The van der Waals surface area contributed by atoms with Crippen molar-refractivity contribution in [2.75, 3.05) is 0 Å². The summed E-state index contributed by atoms with van der Waals surface area (Å²) in [7, 11) is 0. The van der Waals surface area contributed by atoms with Crippen LogP contribution in [0.1, 0.15) is 32.7 Å². The number of fused-ring (bicyclic) bond motifs is 1. The summed E-state index contributed by atoms with van der Waals surface area (Å²) >= 11 is 5.33. The molecule has 0 fully saturated rings. The zero-order valence-corrected chi connectivity index (χ0v) is 9.84. The summed E-state index contributed by atoms with van der Waals surface area (Å²) < 4.78 is 2.90. The van der Waals surface area contributed by atoms with Gasteiger partial charge in [0.15, 0.2) is 10.4 Å². The second-order valence-electron chi connectivity index (χ2n) is 3.65. The SMILES string of the molecule is CCC(CC)n1c(=S)[nH]c2cccnc21. The first kappa shape index (κ1) is 10.4. The number of H-pyrrole nitrogens is 1. The highest BCUT2D eigenvalue weighted by atomic mass is 32.1. The van der Waals surface area contributed by atoms with Crippen LogP contribution in [-0.2, 0) is 0 Å². The number of aromatic nitrogens is 3. The minimum absolute atomic E-state index is 0.446. The molecule has 0 saturated heterocycles. The van der Waals surface area contributed by atoms with Gasteiger partial charge in [-0.1, -0.05) is 13.8 Å². The Labute approximate surface area is 94.2 Å². The Morgan fingerprint density at radius 3 is 2.87 bits per heavy atom. The van der Waals surface area contributed by atoms with Gasteiger partial charge in [-0.3, -0.25) is 4.57 Å². The molecule has 0 aliphatic carbocycles. The van der Waals surface area contributed by atoms with Crippen LogP contribution in [0.2, 0.25) is 0 Å². The molecular formula is C11H15N3S. The van der Waals surface area contributed by atoms with E-state index in [1.807, 2.05) is 18.3 Å². The maximum absolute atomic E-state index is 5.33. The molecule has 0 unspecified atom stereocenters. The summed E-state index contributed by atoms with van der Waals surface area (Å²) in [6.45, 7) is 4.36. The molecular weight excluding hydrogens is 206 g/mol. The van der Waals surface area contributed by atoms with Crippen LogP contribution in [-0.4, -0.2) is 14.5 Å². The largest absolute Gasteiger partial charge is 0.329 e. The molecule has 0 radical (unpaired) electrons. The zero-order chi connectivity index (χ0) is 10.8. The third-order valence-electron chi connectivity index (χ3n) is 2.78. The van der Waals surface area contributed by atoms with Crippen molar-refractivity contribution >= 4 is 23.4 Å². The number of pyridine rings is 1. The lowest BCUT2D eigenvalue weighted by molar-refractivity contribution is 0.476. The standard InChI is InChI=1S/C11H15N3S/c1-3-8(4-2)14-10-9(13-11(14)15)6-5-7-12-10/h5-8H,3-4H2,1-2H3,(H,13,15). The average Bonchev–Trinajstić information content (AvgIpc) is 2.58. The number of hydrogen-bond donors (Lipinski definition) is 1. The third kappa shape index (κ3) is 1.69. The molecule has 4 heteroatoms. The van der Waals surface area contributed by atoms with Crippen molar-refractivity contribution in [3.63, 3.8) is 0 Å². The first-order chi connectivity index (χ1) is 7.27. The van der Waals surface area contributed by atoms with Crippen molar-refractivity contribution in [1.82, 2.24) is 14.5 Å². The fourth-order valence-corrected chi connectivity index (χ4v) is 2.30. The van der Waals surface area contributed by atoms with Crippen molar-refractivity contribution in [1.29, 1.82) is 0 Å². The van der Waals surface area contributed by atoms with E-state index in [0.29, 0.717) is 6.04 Å². The third-order valence-corrected chi connectivity index (χ3v) is 3.08. The predicted molar refractivity (Wildman–Crippen MR) is 64.5 cm³/mol. The highest BCUT2D eigenvalue weighted by molar-refractivity contribution is 7.71. The fraction of sp³-hybridized carbons (Fsp3) is 0.455. The summed E-state index contributed by atoms with van der Waals surface area (Å²) in [4.78, 5) is 7.58. The number of aromatic amines is 1. The number of nitrogens with zero attached hydrogens (tertiary/aromatic N) is 2. The molecule has 2 rings (SSSR count). The van der Waals surface area contributed by atoms with E-state index in [9.17, 15) is 0 Å². The van der Waals surface area contributed by atoms with Crippen LogP contribution in [0.4, 0.5) is 0 Å². The van der Waals surface area contributed by atoms with Crippen LogP contribution in [0.25, 0.3) is 11.2 Å². The van der Waals surface area contributed by atoms with Crippen molar-refractivity contribution in [2.45, 2.75) is 32.7 Å². The van der Waals surface area contributed by atoms with Crippen LogP contribution < -0.4 is 0 Å². The predicted octanol–water partition coefficient (Wildman–Crippen LogP) is 3.45. The highest BCUT2D eigenvalue weighted by Crippen LogP contribution is 2.21. The minimum Gasteiger partial charge on any atom is -0.329 e. The topological polar surface area (TPSA) is 33.6 Å². The Balaban J connectivity index is 2.68. The Bertz CT molecular complexity index is 508. The molecule has 0 aromatic carbocycles. The van der Waals surface area contributed by atoms with Crippen LogP contribution in [0.3, 0.4) is 0 Å². The van der Waals surface area contributed by atoms with E-state index in [0.717, 1.165) is 28.8 Å². The van der Waals surface area contributed by atoms with Crippen LogP contribution in [0, 0.1) is 4.77 Å². The molecule has 0 aliphatic heterocycles. The van der Waals surface area contributed by atoms with Gasteiger partial charge in [-0.05, 0) is 37.2 Å². The summed E-state index contributed by atoms with van der Waals surface area (Å²) in [5.41, 5.74) is 1.99. The Morgan fingerprint density at radius 2 is 2.20 bits per heavy atom. The van der Waals surface area contributed by atoms with E-state index in [1.54, 1.807) is 0 Å². The van der Waals surface area contributed by atoms with Gasteiger partial charge in [-0.25, -0.2) is 4.98 Å². The monoisotopic (exact) mass is 221 g/mol. The van der Waals surface area contributed by atoms with Crippen LogP contribution in [0.15, 0.2) is 18.3 Å². The molecule has 3 nitrogen and oxygen atoms in total. The molecule has 0 amide bonds. The molecule has 0 spiro atoms. The number of rotatable bonds is 3. The maximum atomic E-state index is 5.33. The van der Waals surface area contributed by atoms with Crippen molar-refractivity contribution in [3.8, 4) is 0 Å². The van der Waals surface area contributed by atoms with Gasteiger partial charge in [-0.15, -0.1) is 0 Å². The van der Waals surface area contributed by atoms with Gasteiger partial charge in [0.2, 0.25) is 0 Å². The quantitative estimate of drug-likeness (QED) is 0.805. The Hall–Kier alpha value is -1.16. The molecule has 0 aliphatic rings. The lowest BCUT2D eigenvalue weighted by Crippen LogP contribution is -2.07. The molecule has 2 aromatic rings. The Morgan fingerprint density at radius 1 is 1.47 bits per heavy atom. The van der Waals surface area contributed by atoms with Gasteiger partial charge < -0.3 is 4.98 Å². The van der Waals surface area contributed by atoms with Gasteiger partial charge in [0.1, 0.15) is 0 Å². The summed E-state index contributed by atoms with van der Waals surface area (Å²) in [6, 6.07) is 4.38. The van der Waals surface area contributed by atoms with Crippen molar-refractivity contribution in [3.05, 3.63) is 23.1 Å². The summed E-state index contributed by atoms with van der Waals surface area (Å²) in [5, 5.41) is 0. The van der Waals surface area contributed by atoms with Crippen molar-refractivity contribution in [2.24, 2.45) is 0 Å². The van der Waals surface area contributed by atoms with Gasteiger partial charge in [0.05, 0.1) is 5.52 Å². The van der Waals surface area contributed by atoms with E-state index >= 15 is 0 Å². The van der Waals surface area contributed by atoms with Crippen LogP contribution >= 0.6 is 12.2 Å². The second-order valence-corrected chi connectivity index (χ2v) is 4.03. The van der Waals surface area contributed by atoms with E-state index in [4.69, 9.17) is 12.2 Å². The first-order valence-corrected chi connectivity index (χ1v) is 5.74. The van der Waals surface area contributed by atoms with E-state index in [-0.39, 0.29) is 0 Å². The van der Waals surface area contributed by atoms with Gasteiger partial charge >= 0.3 is 0 Å². The number of nitrogens with one attached hydrogen (secondary N) is 1. The maximum Gasteiger partial charge on any atom is 0.179 e. The molecule has 15 heavy (non-hydrogen) atoms. The van der Waals surface area contributed by atoms with E-state index < -0.39 is 0 Å². The first-order valence-electron chi connectivity index (χ1n) is 5.33. The van der Waals surface area contributed by atoms with Gasteiger partial charge in [0.25, 0.3) is 0 Å². The number of hydrogen-bond acceptors (Lipinski definition) is 2. The highest BCUT2D eigenvalue weighted by Gasteiger charge is 2.12. The second kappa shape index (κ2) is 4.14. The molecule has 0 bridgehead atoms. The lowest BCUT2D eigenvalue weighted by atomic mass is 10.2. The molecule has 2 aromatic heterocycles. The molecule has 80 valence electrons. The molecule has 1 N–H and O–H groups in total. The van der Waals surface area contributed by atoms with Gasteiger partial charge in [0, 0.05) is 12.2 Å². The Kier molecular flexibility index (Phi) is 2.86. The molecule has 0 saturated carbocycles. The molecule has 0 atom stereocenters. The van der Waals surface area contributed by atoms with E-state index in [1.165, 1.54) is 0 Å².